The van der Waals surface area contributed by atoms with Crippen LogP contribution in [0.15, 0.2) is 48.5 Å². The molecule has 0 fully saturated rings. The van der Waals surface area contributed by atoms with Crippen LogP contribution in [0.2, 0.25) is 0 Å². The van der Waals surface area contributed by atoms with E-state index in [-0.39, 0.29) is 53.5 Å². The van der Waals surface area contributed by atoms with E-state index in [9.17, 15) is 0 Å². The summed E-state index contributed by atoms with van der Waals surface area (Å²) in [4.78, 5) is 0. The third kappa shape index (κ3) is 46.0. The Hall–Kier alpha value is -0.401. The number of hydrogen-bond acceptors (Lipinski definition) is 10. The average molecular weight is 590 g/mol. The molecule has 0 saturated carbocycles. The first kappa shape index (κ1) is 41.1. The van der Waals surface area contributed by atoms with E-state index in [1.165, 1.54) is 10.8 Å². The molecule has 17 heteroatoms. The quantitative estimate of drug-likeness (QED) is 0.277. The van der Waals surface area contributed by atoms with Gasteiger partial charge >= 0.3 is 111 Å². The van der Waals surface area contributed by atoms with Crippen LogP contribution in [-0.2, 0) is 57.9 Å². The number of fused-ring (bicyclic) bond motifs is 1. The summed E-state index contributed by atoms with van der Waals surface area (Å²) in [7, 11) is 0. The molecule has 0 aliphatic rings. The fourth-order valence-electron chi connectivity index (χ4n) is 1.13. The summed E-state index contributed by atoms with van der Waals surface area (Å²) in [5.74, 6) is 0. The van der Waals surface area contributed by atoms with Crippen molar-refractivity contribution < 1.29 is 71.6 Å². The zero-order valence-corrected chi connectivity index (χ0v) is 22.2. The Morgan fingerprint density at radius 3 is 0.630 bits per heavy atom. The topological polar surface area (TPSA) is 171 Å². The smallest absolute Gasteiger partial charge is 0.168 e. The molecule has 0 spiro atoms. The third-order valence-electron chi connectivity index (χ3n) is 1.66. The fraction of sp³-hybridized carbons (Fsp3) is 0. The van der Waals surface area contributed by atoms with Gasteiger partial charge < -0.3 is 0 Å². The van der Waals surface area contributed by atoms with E-state index in [1.54, 1.807) is 0 Å². The Kier molecular flexibility index (Phi) is 68.1. The van der Waals surface area contributed by atoms with Crippen molar-refractivity contribution in [3.8, 4) is 0 Å². The Bertz CT molecular complexity index is 627. The summed E-state index contributed by atoms with van der Waals surface area (Å²) in [5.41, 5.74) is 0. The van der Waals surface area contributed by atoms with Gasteiger partial charge in [-0.15, -0.1) is 0 Å². The van der Waals surface area contributed by atoms with Gasteiger partial charge in [0.15, 0.2) is 0 Å². The summed E-state index contributed by atoms with van der Waals surface area (Å²) in [6, 6.07) is 16.7. The molecule has 0 aliphatic heterocycles. The van der Waals surface area contributed by atoms with Crippen molar-refractivity contribution in [3.63, 3.8) is 0 Å². The minimum Gasteiger partial charge on any atom is -0.168 e. The second-order valence-electron chi connectivity index (χ2n) is 2.69. The van der Waals surface area contributed by atoms with E-state index < -0.39 is 57.9 Å². The van der Waals surface area contributed by atoms with Gasteiger partial charge in [0.05, 0.1) is 0 Å². The number of benzene rings is 2. The first-order valence-electron chi connectivity index (χ1n) is 5.07. The molecule has 0 aromatic heterocycles. The molecule has 2 aromatic rings. The number of rotatable bonds is 0. The minimum atomic E-state index is -0.750. The van der Waals surface area contributed by atoms with Gasteiger partial charge in [0.1, 0.15) is 0 Å². The molecule has 0 N–H and O–H groups in total. The van der Waals surface area contributed by atoms with Gasteiger partial charge in [-0.2, -0.15) is 42.1 Å². The second-order valence-corrected chi connectivity index (χ2v) is 3.37. The molecule has 0 unspecified atom stereocenters. The van der Waals surface area contributed by atoms with Crippen molar-refractivity contribution in [2.75, 3.05) is 0 Å². The normalized spacial score (nSPS) is 5.93. The zero-order chi connectivity index (χ0) is 20.3. The summed E-state index contributed by atoms with van der Waals surface area (Å²) < 4.78 is 82.9. The first-order valence-corrected chi connectivity index (χ1v) is 8.40. The van der Waals surface area contributed by atoms with E-state index in [4.69, 9.17) is 42.1 Å². The van der Waals surface area contributed by atoms with Crippen molar-refractivity contribution in [2.24, 2.45) is 0 Å². The molecule has 138 valence electrons. The molecule has 0 heterocycles. The van der Waals surface area contributed by atoms with Gasteiger partial charge in [-0.3, -0.25) is 0 Å². The maximum atomic E-state index is 8.29. The molecule has 0 atom stereocenters. The summed E-state index contributed by atoms with van der Waals surface area (Å²) >= 11 is -3.75. The van der Waals surface area contributed by atoms with Crippen molar-refractivity contribution in [1.82, 2.24) is 0 Å². The predicted molar refractivity (Wildman–Crippen MR) is 94.3 cm³/mol. The SMILES string of the molecule is O=S=O.O=S=O.O=S=O.O=S=O.O=S=O.[Na+].[Sn+4].c1ccc2ccccc2c1. The van der Waals surface area contributed by atoms with E-state index in [0.29, 0.717) is 0 Å². The maximum absolute atomic E-state index is 8.29. The minimum absolute atomic E-state index is 0. The van der Waals surface area contributed by atoms with Crippen LogP contribution in [0.3, 0.4) is 0 Å². The largest absolute Gasteiger partial charge is 4.00 e. The molecule has 2 aromatic carbocycles. The van der Waals surface area contributed by atoms with Crippen LogP contribution < -0.4 is 29.6 Å². The molecule has 0 saturated heterocycles. The maximum Gasteiger partial charge on any atom is 4.00 e. The molecular formula is C10H8NaO10S5Sn+5. The Morgan fingerprint density at radius 2 is 0.519 bits per heavy atom. The Balaban J connectivity index is -0.0000000558. The van der Waals surface area contributed by atoms with Gasteiger partial charge in [0.2, 0.25) is 0 Å². The fourth-order valence-corrected chi connectivity index (χ4v) is 1.13. The molecule has 0 bridgehead atoms. The van der Waals surface area contributed by atoms with Gasteiger partial charge in [0, 0.05) is 0 Å². The second kappa shape index (κ2) is 44.8. The van der Waals surface area contributed by atoms with Gasteiger partial charge in [-0.1, -0.05) is 48.5 Å². The van der Waals surface area contributed by atoms with Gasteiger partial charge in [-0.05, 0) is 10.8 Å². The third-order valence-corrected chi connectivity index (χ3v) is 1.66. The molecule has 0 amide bonds. The van der Waals surface area contributed by atoms with Crippen LogP contribution in [0.1, 0.15) is 0 Å². The van der Waals surface area contributed by atoms with Crippen molar-refractivity contribution in [3.05, 3.63) is 48.5 Å². The molecule has 10 nitrogen and oxygen atoms in total. The van der Waals surface area contributed by atoms with Crippen LogP contribution in [0.5, 0.6) is 0 Å². The molecule has 27 heavy (non-hydrogen) atoms. The monoisotopic (exact) mass is 591 g/mol. The molecule has 0 radical (unpaired) electrons. The van der Waals surface area contributed by atoms with Crippen LogP contribution >= 0.6 is 0 Å². The Labute approximate surface area is 210 Å². The summed E-state index contributed by atoms with van der Waals surface area (Å²) in [5, 5.41) is 2.62. The zero-order valence-electron chi connectivity index (χ0n) is 13.2. The summed E-state index contributed by atoms with van der Waals surface area (Å²) in [6.45, 7) is 0. The van der Waals surface area contributed by atoms with Crippen molar-refractivity contribution in [1.29, 1.82) is 0 Å². The van der Waals surface area contributed by atoms with Crippen molar-refractivity contribution in [2.45, 2.75) is 0 Å². The van der Waals surface area contributed by atoms with Crippen molar-refractivity contribution >= 4 is 92.5 Å². The standard InChI is InChI=1S/C10H8.Na.5O2S.Sn/c1-2-6-10-8-4-3-7-9(10)5-1;;5*1-3-2;/h1-8H;;;;;;;/q;+1;;;;;;+4. The van der Waals surface area contributed by atoms with Gasteiger partial charge in [0.25, 0.3) is 0 Å². The predicted octanol–water partition coefficient (Wildman–Crippen LogP) is -3.89. The Morgan fingerprint density at radius 1 is 0.407 bits per heavy atom. The van der Waals surface area contributed by atoms with Crippen LogP contribution in [0.4, 0.5) is 0 Å². The summed E-state index contributed by atoms with van der Waals surface area (Å²) in [6.07, 6.45) is 0. The first-order chi connectivity index (χ1) is 12.0. The van der Waals surface area contributed by atoms with Crippen LogP contribution in [-0.4, -0.2) is 66.0 Å². The number of hydrogen-bond donors (Lipinski definition) is 0. The van der Waals surface area contributed by atoms with Crippen LogP contribution in [0, 0.1) is 0 Å². The van der Waals surface area contributed by atoms with E-state index in [1.807, 2.05) is 0 Å². The van der Waals surface area contributed by atoms with E-state index in [0.717, 1.165) is 0 Å². The average Bonchev–Trinajstić information content (AvgIpc) is 2.59. The van der Waals surface area contributed by atoms with Crippen LogP contribution in [0.25, 0.3) is 10.8 Å². The van der Waals surface area contributed by atoms with E-state index >= 15 is 0 Å². The van der Waals surface area contributed by atoms with Gasteiger partial charge in [-0.25, -0.2) is 0 Å². The van der Waals surface area contributed by atoms with E-state index in [2.05, 4.69) is 48.5 Å². The molecule has 2 rings (SSSR count). The molecular weight excluding hydrogens is 582 g/mol. The molecule has 0 aliphatic carbocycles.